The Balaban J connectivity index is 2.02. The maximum absolute atomic E-state index is 11.9. The molecule has 0 radical (unpaired) electrons. The summed E-state index contributed by atoms with van der Waals surface area (Å²) >= 11 is 0. The van der Waals surface area contributed by atoms with E-state index in [1.165, 1.54) is 33.2 Å². The van der Waals surface area contributed by atoms with Crippen molar-refractivity contribution in [2.75, 3.05) is 7.05 Å². The minimum absolute atomic E-state index is 0.0367. The van der Waals surface area contributed by atoms with Crippen molar-refractivity contribution in [1.82, 2.24) is 5.32 Å². The van der Waals surface area contributed by atoms with Crippen molar-refractivity contribution in [3.8, 4) is 0 Å². The van der Waals surface area contributed by atoms with Gasteiger partial charge in [-0.05, 0) is 39.0 Å². The van der Waals surface area contributed by atoms with Gasteiger partial charge in [-0.15, -0.1) is 0 Å². The molecule has 2 rings (SSSR count). The van der Waals surface area contributed by atoms with E-state index in [4.69, 9.17) is 4.74 Å². The lowest BCUT2D eigenvalue weighted by atomic mass is 9.81. The minimum Gasteiger partial charge on any atom is -0.480 e. The molecule has 5 heteroatoms. The zero-order chi connectivity index (χ0) is 14.8. The molecule has 2 N–H and O–H groups in total. The predicted octanol–water partition coefficient (Wildman–Crippen LogP) is 2.10. The molecular weight excluding hydrogens is 258 g/mol. The molecule has 1 aliphatic carbocycles. The fourth-order valence-electron chi connectivity index (χ4n) is 3.61. The number of carbonyl (C=O) groups excluding carboxylic acids is 1. The van der Waals surface area contributed by atoms with Gasteiger partial charge >= 0.3 is 5.97 Å². The van der Waals surface area contributed by atoms with Gasteiger partial charge in [0.05, 0.1) is 11.7 Å². The van der Waals surface area contributed by atoms with Crippen molar-refractivity contribution in [3.63, 3.8) is 0 Å². The summed E-state index contributed by atoms with van der Waals surface area (Å²) in [6, 6.07) is 0. The Kier molecular flexibility index (Phi) is 4.37. The lowest BCUT2D eigenvalue weighted by Gasteiger charge is -2.34. The van der Waals surface area contributed by atoms with Gasteiger partial charge < -0.3 is 15.2 Å². The Morgan fingerprint density at radius 3 is 2.50 bits per heavy atom. The molecule has 0 aromatic heterocycles. The summed E-state index contributed by atoms with van der Waals surface area (Å²) in [5, 5.41) is 11.8. The normalized spacial score (nSPS) is 28.0. The van der Waals surface area contributed by atoms with Gasteiger partial charge in [-0.2, -0.15) is 0 Å². The van der Waals surface area contributed by atoms with E-state index in [9.17, 15) is 14.7 Å². The number of amides is 1. The number of carbonyl (C=O) groups is 2. The summed E-state index contributed by atoms with van der Waals surface area (Å²) in [5.74, 6) is -1.52. The standard InChI is InChI=1S/C15H25NO4/c1-14(13(18)19,12(17)16-2)10-11-6-9-15(20-11)7-4-3-5-8-15/h11H,3-10H2,1-2H3,(H,16,17)(H,18,19). The van der Waals surface area contributed by atoms with Crippen LogP contribution in [0.15, 0.2) is 0 Å². The van der Waals surface area contributed by atoms with Crippen molar-refractivity contribution in [2.24, 2.45) is 5.41 Å². The van der Waals surface area contributed by atoms with Crippen LogP contribution in [-0.2, 0) is 14.3 Å². The molecule has 1 heterocycles. The largest absolute Gasteiger partial charge is 0.480 e. The van der Waals surface area contributed by atoms with E-state index in [1.54, 1.807) is 0 Å². The highest BCUT2D eigenvalue weighted by atomic mass is 16.5. The predicted molar refractivity (Wildman–Crippen MR) is 74.3 cm³/mol. The third kappa shape index (κ3) is 2.82. The van der Waals surface area contributed by atoms with E-state index < -0.39 is 17.3 Å². The van der Waals surface area contributed by atoms with Crippen LogP contribution in [-0.4, -0.2) is 35.7 Å². The van der Waals surface area contributed by atoms with E-state index in [0.717, 1.165) is 25.7 Å². The van der Waals surface area contributed by atoms with Crippen LogP contribution >= 0.6 is 0 Å². The molecule has 5 nitrogen and oxygen atoms in total. The van der Waals surface area contributed by atoms with Crippen molar-refractivity contribution < 1.29 is 19.4 Å². The topological polar surface area (TPSA) is 75.6 Å². The molecule has 0 aromatic rings. The van der Waals surface area contributed by atoms with Crippen LogP contribution in [0, 0.1) is 5.41 Å². The highest BCUT2D eigenvalue weighted by molar-refractivity contribution is 6.01. The SMILES string of the molecule is CNC(=O)C(C)(CC1CCC2(CCCCC2)O1)C(=O)O. The van der Waals surface area contributed by atoms with Gasteiger partial charge in [0.25, 0.3) is 0 Å². The summed E-state index contributed by atoms with van der Waals surface area (Å²) < 4.78 is 6.19. The van der Waals surface area contributed by atoms with Crippen LogP contribution in [0.2, 0.25) is 0 Å². The van der Waals surface area contributed by atoms with Crippen LogP contribution in [0.5, 0.6) is 0 Å². The Morgan fingerprint density at radius 1 is 1.30 bits per heavy atom. The van der Waals surface area contributed by atoms with Crippen LogP contribution in [0.3, 0.4) is 0 Å². The third-order valence-corrected chi connectivity index (χ3v) is 4.94. The summed E-state index contributed by atoms with van der Waals surface area (Å²) in [7, 11) is 1.47. The molecule has 20 heavy (non-hydrogen) atoms. The van der Waals surface area contributed by atoms with Crippen molar-refractivity contribution in [2.45, 2.75) is 70.0 Å². The average Bonchev–Trinajstić information content (AvgIpc) is 2.80. The third-order valence-electron chi connectivity index (χ3n) is 4.94. The van der Waals surface area contributed by atoms with Gasteiger partial charge in [0.15, 0.2) is 0 Å². The molecular formula is C15H25NO4. The zero-order valence-corrected chi connectivity index (χ0v) is 12.4. The van der Waals surface area contributed by atoms with Gasteiger partial charge in [-0.3, -0.25) is 9.59 Å². The molecule has 0 bridgehead atoms. The summed E-state index contributed by atoms with van der Waals surface area (Å²) in [5.41, 5.74) is -1.44. The smallest absolute Gasteiger partial charge is 0.319 e. The number of hydrogen-bond donors (Lipinski definition) is 2. The van der Waals surface area contributed by atoms with Gasteiger partial charge in [0.2, 0.25) is 5.91 Å². The molecule has 1 aliphatic heterocycles. The van der Waals surface area contributed by atoms with Crippen LogP contribution < -0.4 is 5.32 Å². The second kappa shape index (κ2) is 5.72. The molecule has 1 spiro atoms. The Morgan fingerprint density at radius 2 is 1.95 bits per heavy atom. The molecule has 2 fully saturated rings. The molecule has 0 aromatic carbocycles. The molecule has 2 unspecified atom stereocenters. The van der Waals surface area contributed by atoms with Crippen LogP contribution in [0.1, 0.15) is 58.3 Å². The molecule has 2 aliphatic rings. The Hall–Kier alpha value is -1.10. The number of carboxylic acid groups (broad SMARTS) is 1. The quantitative estimate of drug-likeness (QED) is 0.775. The first-order chi connectivity index (χ1) is 9.42. The number of carboxylic acids is 1. The van der Waals surface area contributed by atoms with E-state index in [1.807, 2.05) is 0 Å². The van der Waals surface area contributed by atoms with E-state index in [-0.39, 0.29) is 18.1 Å². The molecule has 1 amide bonds. The average molecular weight is 283 g/mol. The highest BCUT2D eigenvalue weighted by Gasteiger charge is 2.48. The van der Waals surface area contributed by atoms with Crippen molar-refractivity contribution >= 4 is 11.9 Å². The molecule has 1 saturated heterocycles. The second-order valence-corrected chi connectivity index (χ2v) is 6.44. The van der Waals surface area contributed by atoms with Crippen LogP contribution in [0.4, 0.5) is 0 Å². The number of ether oxygens (including phenoxy) is 1. The molecule has 114 valence electrons. The van der Waals surface area contributed by atoms with Gasteiger partial charge in [-0.25, -0.2) is 0 Å². The van der Waals surface area contributed by atoms with Gasteiger partial charge in [0, 0.05) is 7.05 Å². The van der Waals surface area contributed by atoms with Crippen molar-refractivity contribution in [1.29, 1.82) is 0 Å². The second-order valence-electron chi connectivity index (χ2n) is 6.44. The maximum Gasteiger partial charge on any atom is 0.319 e. The maximum atomic E-state index is 11.9. The van der Waals surface area contributed by atoms with Crippen LogP contribution in [0.25, 0.3) is 0 Å². The zero-order valence-electron chi connectivity index (χ0n) is 12.4. The fourth-order valence-corrected chi connectivity index (χ4v) is 3.61. The summed E-state index contributed by atoms with van der Waals surface area (Å²) in [6.45, 7) is 1.49. The number of aliphatic carboxylic acids is 1. The van der Waals surface area contributed by atoms with E-state index in [0.29, 0.717) is 0 Å². The first-order valence-corrected chi connectivity index (χ1v) is 7.55. The van der Waals surface area contributed by atoms with E-state index >= 15 is 0 Å². The lowest BCUT2D eigenvalue weighted by Crippen LogP contribution is -2.45. The Bertz CT molecular complexity index is 389. The first kappa shape index (κ1) is 15.3. The highest BCUT2D eigenvalue weighted by Crippen LogP contribution is 2.44. The Labute approximate surface area is 120 Å². The number of rotatable bonds is 4. The number of hydrogen-bond acceptors (Lipinski definition) is 3. The van der Waals surface area contributed by atoms with Gasteiger partial charge in [-0.1, -0.05) is 19.3 Å². The summed E-state index contributed by atoms with van der Waals surface area (Å²) in [6.07, 6.45) is 7.80. The monoisotopic (exact) mass is 283 g/mol. The lowest BCUT2D eigenvalue weighted by molar-refractivity contribution is -0.158. The summed E-state index contributed by atoms with van der Waals surface area (Å²) in [4.78, 5) is 23.3. The van der Waals surface area contributed by atoms with Gasteiger partial charge in [0.1, 0.15) is 5.41 Å². The molecule has 2 atom stereocenters. The number of nitrogens with one attached hydrogen (secondary N) is 1. The minimum atomic E-state index is -1.40. The van der Waals surface area contributed by atoms with Crippen molar-refractivity contribution in [3.05, 3.63) is 0 Å². The van der Waals surface area contributed by atoms with E-state index in [2.05, 4.69) is 5.32 Å². The molecule has 1 saturated carbocycles. The fraction of sp³-hybridized carbons (Fsp3) is 0.867. The first-order valence-electron chi connectivity index (χ1n) is 7.55.